The molecule has 5 nitrogen and oxygen atoms in total. The molecule has 2 N–H and O–H groups in total. The molecule has 0 saturated carbocycles. The van der Waals surface area contributed by atoms with E-state index in [1.807, 2.05) is 24.3 Å². The highest BCUT2D eigenvalue weighted by Gasteiger charge is 2.31. The molecule has 9 heteroatoms. The van der Waals surface area contributed by atoms with Gasteiger partial charge in [-0.15, -0.1) is 11.3 Å². The van der Waals surface area contributed by atoms with Crippen molar-refractivity contribution in [3.05, 3.63) is 70.6 Å². The minimum Gasteiger partial charge on any atom is -0.497 e. The van der Waals surface area contributed by atoms with Crippen LogP contribution < -0.4 is 15.2 Å². The van der Waals surface area contributed by atoms with Crippen molar-refractivity contribution in [1.29, 1.82) is 0 Å². The number of methoxy groups -OCH3 is 2. The summed E-state index contributed by atoms with van der Waals surface area (Å²) in [4.78, 5) is 18.5. The van der Waals surface area contributed by atoms with E-state index in [0.717, 1.165) is 29.0 Å². The lowest BCUT2D eigenvalue weighted by Gasteiger charge is -2.12. The number of carbonyl (C=O) groups is 1. The minimum atomic E-state index is -4.53. The van der Waals surface area contributed by atoms with Crippen LogP contribution in [0.25, 0.3) is 21.5 Å². The first-order valence-electron chi connectivity index (χ1n) is 9.82. The number of carbonyl (C=O) groups excluding carboxylic acids is 1. The summed E-state index contributed by atoms with van der Waals surface area (Å²) in [5, 5.41) is 0.617. The number of hydrogen-bond donors (Lipinski definition) is 1. The van der Waals surface area contributed by atoms with E-state index >= 15 is 0 Å². The SMILES string of the molecule is COc1cccc(-c2ccc3c(N)c(C(=O)Cc4cc(C(F)(F)F)ccc4OC)sc3n2)c1. The first-order chi connectivity index (χ1) is 15.7. The van der Waals surface area contributed by atoms with Gasteiger partial charge in [0.25, 0.3) is 0 Å². The number of nitrogens with zero attached hydrogens (tertiary/aromatic N) is 1. The van der Waals surface area contributed by atoms with Crippen LogP contribution in [0.4, 0.5) is 18.9 Å². The third kappa shape index (κ3) is 4.49. The predicted molar refractivity (Wildman–Crippen MR) is 122 cm³/mol. The Morgan fingerprint density at radius 2 is 1.85 bits per heavy atom. The predicted octanol–water partition coefficient (Wildman–Crippen LogP) is 6.01. The molecule has 170 valence electrons. The number of benzene rings is 2. The third-order valence-electron chi connectivity index (χ3n) is 5.17. The second kappa shape index (κ2) is 8.74. The largest absolute Gasteiger partial charge is 0.497 e. The summed E-state index contributed by atoms with van der Waals surface area (Å²) in [6.45, 7) is 0. The summed E-state index contributed by atoms with van der Waals surface area (Å²) >= 11 is 1.11. The molecule has 0 aliphatic carbocycles. The van der Waals surface area contributed by atoms with E-state index in [0.29, 0.717) is 21.7 Å². The molecule has 4 aromatic rings. The topological polar surface area (TPSA) is 74.4 Å². The smallest absolute Gasteiger partial charge is 0.416 e. The fourth-order valence-corrected chi connectivity index (χ4v) is 4.53. The Balaban J connectivity index is 1.69. The molecule has 33 heavy (non-hydrogen) atoms. The van der Waals surface area contributed by atoms with Gasteiger partial charge < -0.3 is 15.2 Å². The number of ether oxygens (including phenoxy) is 2. The Morgan fingerprint density at radius 3 is 2.55 bits per heavy atom. The number of halogens is 3. The van der Waals surface area contributed by atoms with Crippen molar-refractivity contribution in [2.75, 3.05) is 20.0 Å². The molecule has 2 aromatic carbocycles. The van der Waals surface area contributed by atoms with Gasteiger partial charge in [0.05, 0.1) is 36.0 Å². The van der Waals surface area contributed by atoms with Gasteiger partial charge in [-0.1, -0.05) is 12.1 Å². The lowest BCUT2D eigenvalue weighted by molar-refractivity contribution is -0.137. The average molecular weight is 472 g/mol. The monoisotopic (exact) mass is 472 g/mol. The summed E-state index contributed by atoms with van der Waals surface area (Å²) < 4.78 is 49.8. The van der Waals surface area contributed by atoms with Crippen molar-refractivity contribution in [3.63, 3.8) is 0 Å². The van der Waals surface area contributed by atoms with E-state index in [9.17, 15) is 18.0 Å². The molecular weight excluding hydrogens is 453 g/mol. The molecule has 0 aliphatic heterocycles. The summed E-state index contributed by atoms with van der Waals surface area (Å²) in [5.41, 5.74) is 7.29. The molecule has 4 rings (SSSR count). The maximum Gasteiger partial charge on any atom is 0.416 e. The number of Topliss-reactive ketones (excluding diaryl/α,β-unsaturated/α-hetero) is 1. The van der Waals surface area contributed by atoms with Crippen LogP contribution in [0.5, 0.6) is 11.5 Å². The van der Waals surface area contributed by atoms with Crippen molar-refractivity contribution >= 4 is 33.0 Å². The van der Waals surface area contributed by atoms with Crippen LogP contribution in [0.3, 0.4) is 0 Å². The van der Waals surface area contributed by atoms with Crippen LogP contribution >= 0.6 is 11.3 Å². The number of pyridine rings is 1. The quantitative estimate of drug-likeness (QED) is 0.348. The van der Waals surface area contributed by atoms with Crippen LogP contribution in [0.15, 0.2) is 54.6 Å². The van der Waals surface area contributed by atoms with E-state index in [2.05, 4.69) is 4.98 Å². The molecular formula is C24H19F3N2O3S. The van der Waals surface area contributed by atoms with Crippen molar-refractivity contribution in [3.8, 4) is 22.8 Å². The van der Waals surface area contributed by atoms with Crippen LogP contribution in [0.1, 0.15) is 20.8 Å². The normalized spacial score (nSPS) is 11.5. The summed E-state index contributed by atoms with van der Waals surface area (Å²) in [6, 6.07) is 14.0. The number of ketones is 1. The number of thiophene rings is 1. The number of anilines is 1. The van der Waals surface area contributed by atoms with Crippen LogP contribution in [0.2, 0.25) is 0 Å². The van der Waals surface area contributed by atoms with Gasteiger partial charge in [-0.2, -0.15) is 13.2 Å². The van der Waals surface area contributed by atoms with Gasteiger partial charge in [-0.25, -0.2) is 4.98 Å². The number of alkyl halides is 3. The molecule has 2 heterocycles. The van der Waals surface area contributed by atoms with Crippen molar-refractivity contribution in [2.24, 2.45) is 0 Å². The highest BCUT2D eigenvalue weighted by molar-refractivity contribution is 7.21. The lowest BCUT2D eigenvalue weighted by Crippen LogP contribution is -2.09. The molecule has 0 atom stereocenters. The van der Waals surface area contributed by atoms with Crippen molar-refractivity contribution < 1.29 is 27.4 Å². The molecule has 0 bridgehead atoms. The van der Waals surface area contributed by atoms with E-state index in [4.69, 9.17) is 15.2 Å². The zero-order valence-corrected chi connectivity index (χ0v) is 18.5. The fourth-order valence-electron chi connectivity index (χ4n) is 3.49. The number of fused-ring (bicyclic) bond motifs is 1. The molecule has 0 unspecified atom stereocenters. The van der Waals surface area contributed by atoms with Crippen LogP contribution in [0, 0.1) is 0 Å². The lowest BCUT2D eigenvalue weighted by atomic mass is 10.0. The highest BCUT2D eigenvalue weighted by atomic mass is 32.1. The molecule has 0 amide bonds. The third-order valence-corrected chi connectivity index (χ3v) is 6.33. The summed E-state index contributed by atoms with van der Waals surface area (Å²) in [6.07, 6.45) is -4.81. The summed E-state index contributed by atoms with van der Waals surface area (Å²) in [7, 11) is 2.92. The maximum atomic E-state index is 13.1. The van der Waals surface area contributed by atoms with E-state index in [1.54, 1.807) is 19.2 Å². The van der Waals surface area contributed by atoms with Crippen molar-refractivity contribution in [1.82, 2.24) is 4.98 Å². The Bertz CT molecular complexity index is 1350. The number of nitrogen functional groups attached to an aromatic ring is 1. The van der Waals surface area contributed by atoms with Gasteiger partial charge in [-0.05, 0) is 42.5 Å². The molecule has 0 saturated heterocycles. The van der Waals surface area contributed by atoms with Crippen LogP contribution in [-0.4, -0.2) is 25.0 Å². The second-order valence-electron chi connectivity index (χ2n) is 7.25. The van der Waals surface area contributed by atoms with Crippen LogP contribution in [-0.2, 0) is 12.6 Å². The van der Waals surface area contributed by atoms with Gasteiger partial charge in [0.1, 0.15) is 16.3 Å². The zero-order valence-electron chi connectivity index (χ0n) is 17.7. The molecule has 0 fully saturated rings. The van der Waals surface area contributed by atoms with Gasteiger partial charge >= 0.3 is 6.18 Å². The highest BCUT2D eigenvalue weighted by Crippen LogP contribution is 2.37. The number of aromatic nitrogens is 1. The Labute approximate surface area is 191 Å². The summed E-state index contributed by atoms with van der Waals surface area (Å²) in [5.74, 6) is 0.483. The van der Waals surface area contributed by atoms with E-state index < -0.39 is 17.5 Å². The van der Waals surface area contributed by atoms with E-state index in [1.165, 1.54) is 13.2 Å². The molecule has 2 aromatic heterocycles. The molecule has 0 spiro atoms. The van der Waals surface area contributed by atoms with Crippen molar-refractivity contribution in [2.45, 2.75) is 12.6 Å². The number of hydrogen-bond acceptors (Lipinski definition) is 6. The number of rotatable bonds is 6. The second-order valence-corrected chi connectivity index (χ2v) is 8.25. The Kier molecular flexibility index (Phi) is 5.99. The Hall–Kier alpha value is -3.59. The first kappa shape index (κ1) is 22.6. The Morgan fingerprint density at radius 1 is 1.06 bits per heavy atom. The fraction of sp³-hybridized carbons (Fsp3) is 0.167. The standard InChI is InChI=1S/C24H19F3N2O3S/c1-31-16-5-3-4-13(11-16)18-8-7-17-21(28)22(33-23(17)29-18)19(30)12-14-10-15(24(25,26)27)6-9-20(14)32-2/h3-11H,12,28H2,1-2H3. The van der Waals surface area contributed by atoms with Gasteiger partial charge in [0.15, 0.2) is 5.78 Å². The van der Waals surface area contributed by atoms with Gasteiger partial charge in [-0.3, -0.25) is 4.79 Å². The number of nitrogens with two attached hydrogens (primary N) is 1. The molecule has 0 radical (unpaired) electrons. The zero-order chi connectivity index (χ0) is 23.8. The van der Waals surface area contributed by atoms with E-state index in [-0.39, 0.29) is 28.3 Å². The van der Waals surface area contributed by atoms with Gasteiger partial charge in [0, 0.05) is 22.9 Å². The van der Waals surface area contributed by atoms with Gasteiger partial charge in [0.2, 0.25) is 0 Å². The minimum absolute atomic E-state index is 0.138. The molecule has 0 aliphatic rings. The maximum absolute atomic E-state index is 13.1. The first-order valence-corrected chi connectivity index (χ1v) is 10.6. The average Bonchev–Trinajstić information content (AvgIpc) is 3.14.